The highest BCUT2D eigenvalue weighted by atomic mass is 16.5. The molecule has 1 saturated heterocycles. The van der Waals surface area contributed by atoms with Crippen molar-refractivity contribution < 1.29 is 19.4 Å². The van der Waals surface area contributed by atoms with Crippen LogP contribution in [0.2, 0.25) is 0 Å². The molecule has 0 unspecified atom stereocenters. The van der Waals surface area contributed by atoms with Crippen LogP contribution in [0.4, 0.5) is 0 Å². The van der Waals surface area contributed by atoms with Gasteiger partial charge in [-0.05, 0) is 27.0 Å². The first kappa shape index (κ1) is 17.6. The van der Waals surface area contributed by atoms with Gasteiger partial charge in [0.15, 0.2) is 0 Å². The van der Waals surface area contributed by atoms with Crippen molar-refractivity contribution in [1.29, 1.82) is 0 Å². The predicted octanol–water partition coefficient (Wildman–Crippen LogP) is 1.93. The summed E-state index contributed by atoms with van der Waals surface area (Å²) in [6.07, 6.45) is 0. The zero-order valence-corrected chi connectivity index (χ0v) is 14.5. The minimum Gasteiger partial charge on any atom is -0.497 e. The zero-order valence-electron chi connectivity index (χ0n) is 14.5. The first-order valence-corrected chi connectivity index (χ1v) is 7.70. The number of rotatable bonds is 5. The van der Waals surface area contributed by atoms with Crippen molar-refractivity contribution in [3.63, 3.8) is 0 Å². The molecule has 1 aliphatic rings. The average molecular weight is 322 g/mol. The summed E-state index contributed by atoms with van der Waals surface area (Å²) in [7, 11) is 5.19. The molecule has 1 N–H and O–H groups in total. The minimum atomic E-state index is -0.967. The van der Waals surface area contributed by atoms with Crippen LogP contribution in [0.1, 0.15) is 29.8 Å². The number of piperazine rings is 1. The highest BCUT2D eigenvalue weighted by molar-refractivity contribution is 5.91. The van der Waals surface area contributed by atoms with Crippen molar-refractivity contribution in [3.05, 3.63) is 23.3 Å². The maximum absolute atomic E-state index is 11.6. The summed E-state index contributed by atoms with van der Waals surface area (Å²) in [6.45, 7) is 7.66. The molecule has 0 saturated carbocycles. The van der Waals surface area contributed by atoms with Gasteiger partial charge < -0.3 is 14.6 Å². The molecular weight excluding hydrogens is 296 g/mol. The van der Waals surface area contributed by atoms with Gasteiger partial charge in [-0.2, -0.15) is 0 Å². The number of methoxy groups -OCH3 is 2. The number of aromatic carboxylic acids is 1. The van der Waals surface area contributed by atoms with Gasteiger partial charge in [-0.3, -0.25) is 9.80 Å². The Morgan fingerprint density at radius 3 is 2.48 bits per heavy atom. The van der Waals surface area contributed by atoms with Crippen molar-refractivity contribution in [1.82, 2.24) is 9.80 Å². The van der Waals surface area contributed by atoms with Gasteiger partial charge in [0.25, 0.3) is 0 Å². The fraction of sp³-hybridized carbons (Fsp3) is 0.588. The summed E-state index contributed by atoms with van der Waals surface area (Å²) < 4.78 is 10.6. The number of hydrogen-bond acceptors (Lipinski definition) is 5. The summed E-state index contributed by atoms with van der Waals surface area (Å²) in [6, 6.07) is 3.30. The van der Waals surface area contributed by atoms with Crippen LogP contribution in [-0.4, -0.2) is 67.3 Å². The van der Waals surface area contributed by atoms with Gasteiger partial charge in [0, 0.05) is 43.3 Å². The third-order valence-corrected chi connectivity index (χ3v) is 4.65. The number of carboxylic acids is 1. The van der Waals surface area contributed by atoms with Gasteiger partial charge in [0.05, 0.1) is 19.8 Å². The molecule has 0 bridgehead atoms. The molecule has 1 aliphatic heterocycles. The second kappa shape index (κ2) is 6.76. The van der Waals surface area contributed by atoms with Crippen molar-refractivity contribution in [2.45, 2.75) is 25.9 Å². The van der Waals surface area contributed by atoms with Gasteiger partial charge in [-0.25, -0.2) is 4.79 Å². The van der Waals surface area contributed by atoms with Crippen LogP contribution in [0.15, 0.2) is 12.1 Å². The number of hydrogen-bond donors (Lipinski definition) is 1. The van der Waals surface area contributed by atoms with Gasteiger partial charge >= 0.3 is 5.97 Å². The van der Waals surface area contributed by atoms with Crippen LogP contribution in [-0.2, 0) is 6.54 Å². The van der Waals surface area contributed by atoms with E-state index in [1.807, 2.05) is 0 Å². The maximum atomic E-state index is 11.6. The van der Waals surface area contributed by atoms with E-state index in [2.05, 4.69) is 30.7 Å². The normalized spacial score (nSPS) is 18.7. The Morgan fingerprint density at radius 1 is 1.26 bits per heavy atom. The highest BCUT2D eigenvalue weighted by Gasteiger charge is 2.32. The molecule has 0 atom stereocenters. The Bertz CT molecular complexity index is 586. The summed E-state index contributed by atoms with van der Waals surface area (Å²) in [5.74, 6) is 0.0748. The molecule has 0 spiro atoms. The highest BCUT2D eigenvalue weighted by Crippen LogP contribution is 2.31. The van der Waals surface area contributed by atoms with Crippen molar-refractivity contribution in [2.24, 2.45) is 0 Å². The summed E-state index contributed by atoms with van der Waals surface area (Å²) in [4.78, 5) is 16.2. The number of ether oxygens (including phenoxy) is 2. The van der Waals surface area contributed by atoms with Crippen LogP contribution in [0.25, 0.3) is 0 Å². The fourth-order valence-corrected chi connectivity index (χ4v) is 2.97. The van der Waals surface area contributed by atoms with Crippen molar-refractivity contribution in [3.8, 4) is 11.5 Å². The van der Waals surface area contributed by atoms with Crippen LogP contribution in [0.3, 0.4) is 0 Å². The number of likely N-dealkylation sites (N-methyl/N-ethyl adjacent to an activating group) is 1. The zero-order chi connectivity index (χ0) is 17.2. The van der Waals surface area contributed by atoms with E-state index in [0.29, 0.717) is 23.6 Å². The molecule has 128 valence electrons. The molecule has 1 heterocycles. The fourth-order valence-electron chi connectivity index (χ4n) is 2.97. The Hall–Kier alpha value is -1.79. The molecule has 1 aromatic carbocycles. The van der Waals surface area contributed by atoms with E-state index >= 15 is 0 Å². The lowest BCUT2D eigenvalue weighted by Crippen LogP contribution is -2.57. The standard InChI is InChI=1S/C17H26N2O4/c1-17(2)11-19(7-6-18(17)3)10-14-13(16(20)21)8-12(22-4)9-15(14)23-5/h8-9H,6-7,10-11H2,1-5H3,(H,20,21). The van der Waals surface area contributed by atoms with Gasteiger partial charge in [0.1, 0.15) is 11.5 Å². The van der Waals surface area contributed by atoms with Gasteiger partial charge in [0.2, 0.25) is 0 Å². The van der Waals surface area contributed by atoms with Crippen LogP contribution < -0.4 is 9.47 Å². The Balaban J connectivity index is 2.33. The quantitative estimate of drug-likeness (QED) is 0.894. The number of carboxylic acid groups (broad SMARTS) is 1. The second-order valence-electron chi connectivity index (χ2n) is 6.61. The Morgan fingerprint density at radius 2 is 1.96 bits per heavy atom. The molecule has 1 fully saturated rings. The molecule has 0 aliphatic carbocycles. The first-order valence-electron chi connectivity index (χ1n) is 7.70. The van der Waals surface area contributed by atoms with E-state index in [-0.39, 0.29) is 11.1 Å². The molecular formula is C17H26N2O4. The number of nitrogens with zero attached hydrogens (tertiary/aromatic N) is 2. The van der Waals surface area contributed by atoms with Crippen molar-refractivity contribution >= 4 is 5.97 Å². The Kier molecular flexibility index (Phi) is 5.16. The lowest BCUT2D eigenvalue weighted by Gasteiger charge is -2.45. The molecule has 2 rings (SSSR count). The van der Waals surface area contributed by atoms with Crippen LogP contribution >= 0.6 is 0 Å². The first-order chi connectivity index (χ1) is 10.8. The molecule has 0 aromatic heterocycles. The summed E-state index contributed by atoms with van der Waals surface area (Å²) in [5, 5.41) is 9.54. The lowest BCUT2D eigenvalue weighted by atomic mass is 9.98. The molecule has 6 heteroatoms. The SMILES string of the molecule is COc1cc(OC)c(CN2CCN(C)C(C)(C)C2)c(C(=O)O)c1. The van der Waals surface area contributed by atoms with E-state index in [0.717, 1.165) is 19.6 Å². The minimum absolute atomic E-state index is 0.0569. The topological polar surface area (TPSA) is 62.2 Å². The molecule has 0 radical (unpaired) electrons. The molecule has 1 aromatic rings. The van der Waals surface area contributed by atoms with E-state index in [4.69, 9.17) is 9.47 Å². The number of carbonyl (C=O) groups is 1. The van der Waals surface area contributed by atoms with Crippen molar-refractivity contribution in [2.75, 3.05) is 40.9 Å². The lowest BCUT2D eigenvalue weighted by molar-refractivity contribution is 0.0353. The average Bonchev–Trinajstić information content (AvgIpc) is 2.50. The summed E-state index contributed by atoms with van der Waals surface area (Å²) in [5.41, 5.74) is 0.987. The third kappa shape index (κ3) is 3.76. The number of benzene rings is 1. The van der Waals surface area contributed by atoms with Crippen LogP contribution in [0, 0.1) is 0 Å². The Labute approximate surface area is 137 Å². The monoisotopic (exact) mass is 322 g/mol. The van der Waals surface area contributed by atoms with E-state index in [1.54, 1.807) is 19.2 Å². The summed E-state index contributed by atoms with van der Waals surface area (Å²) >= 11 is 0. The third-order valence-electron chi connectivity index (χ3n) is 4.65. The van der Waals surface area contributed by atoms with E-state index in [1.165, 1.54) is 7.11 Å². The molecule has 0 amide bonds. The smallest absolute Gasteiger partial charge is 0.336 e. The van der Waals surface area contributed by atoms with E-state index in [9.17, 15) is 9.90 Å². The van der Waals surface area contributed by atoms with Gasteiger partial charge in [-0.15, -0.1) is 0 Å². The van der Waals surface area contributed by atoms with Crippen LogP contribution in [0.5, 0.6) is 11.5 Å². The van der Waals surface area contributed by atoms with E-state index < -0.39 is 5.97 Å². The molecule has 23 heavy (non-hydrogen) atoms. The van der Waals surface area contributed by atoms with Gasteiger partial charge in [-0.1, -0.05) is 0 Å². The largest absolute Gasteiger partial charge is 0.497 e. The maximum Gasteiger partial charge on any atom is 0.336 e. The second-order valence-corrected chi connectivity index (χ2v) is 6.61. The predicted molar refractivity (Wildman–Crippen MR) is 88.5 cm³/mol. The molecule has 6 nitrogen and oxygen atoms in total.